The van der Waals surface area contributed by atoms with Crippen molar-refractivity contribution < 1.29 is 4.79 Å². The molecule has 1 unspecified atom stereocenters. The van der Waals surface area contributed by atoms with E-state index < -0.39 is 0 Å². The zero-order valence-corrected chi connectivity index (χ0v) is 16.7. The Morgan fingerprint density at radius 2 is 1.42 bits per heavy atom. The van der Waals surface area contributed by atoms with Crippen molar-refractivity contribution in [2.24, 2.45) is 0 Å². The maximum atomic E-state index is 12.4. The zero-order chi connectivity index (χ0) is 17.6. The van der Waals surface area contributed by atoms with Crippen molar-refractivity contribution in [3.63, 3.8) is 0 Å². The Balaban J connectivity index is 1.96. The number of carbonyl (C=O) groups is 1. The van der Waals surface area contributed by atoms with Crippen molar-refractivity contribution in [1.82, 2.24) is 9.80 Å². The van der Waals surface area contributed by atoms with Gasteiger partial charge in [-0.05, 0) is 33.4 Å². The molecule has 0 N–H and O–H groups in total. The minimum absolute atomic E-state index is 0.382. The summed E-state index contributed by atoms with van der Waals surface area (Å²) in [5, 5.41) is 0. The van der Waals surface area contributed by atoms with E-state index in [-0.39, 0.29) is 0 Å². The standard InChI is InChI=1S/C21H42N2O/c1-4-5-6-7-8-9-10-11-12-13-14-16-21(24)23-18-15-17-22(3)20(2)19-23/h20H,4-19H2,1-3H3. The molecule has 0 aromatic rings. The van der Waals surface area contributed by atoms with Crippen LogP contribution in [0.15, 0.2) is 0 Å². The van der Waals surface area contributed by atoms with Gasteiger partial charge in [-0.15, -0.1) is 0 Å². The fourth-order valence-corrected chi connectivity index (χ4v) is 3.61. The van der Waals surface area contributed by atoms with Crippen molar-refractivity contribution in [2.45, 2.75) is 103 Å². The molecule has 0 spiro atoms. The van der Waals surface area contributed by atoms with Crippen LogP contribution in [0.1, 0.15) is 97.3 Å². The summed E-state index contributed by atoms with van der Waals surface area (Å²) in [7, 11) is 2.17. The van der Waals surface area contributed by atoms with Gasteiger partial charge in [0.2, 0.25) is 5.91 Å². The molecule has 3 nitrogen and oxygen atoms in total. The maximum Gasteiger partial charge on any atom is 0.222 e. The molecule has 0 saturated carbocycles. The van der Waals surface area contributed by atoms with Gasteiger partial charge in [-0.25, -0.2) is 0 Å². The van der Waals surface area contributed by atoms with Gasteiger partial charge in [0.15, 0.2) is 0 Å². The van der Waals surface area contributed by atoms with E-state index in [1.807, 2.05) is 0 Å². The first-order valence-corrected chi connectivity index (χ1v) is 10.6. The molecule has 1 atom stereocenters. The average molecular weight is 339 g/mol. The van der Waals surface area contributed by atoms with E-state index in [4.69, 9.17) is 0 Å². The van der Waals surface area contributed by atoms with Crippen LogP contribution in [0.4, 0.5) is 0 Å². The molecule has 1 fully saturated rings. The third-order valence-corrected chi connectivity index (χ3v) is 5.52. The van der Waals surface area contributed by atoms with Crippen molar-refractivity contribution >= 4 is 5.91 Å². The Morgan fingerprint density at radius 3 is 2.00 bits per heavy atom. The molecule has 1 aliphatic rings. The van der Waals surface area contributed by atoms with Crippen LogP contribution < -0.4 is 0 Å². The van der Waals surface area contributed by atoms with Gasteiger partial charge < -0.3 is 9.80 Å². The first-order valence-electron chi connectivity index (χ1n) is 10.6. The van der Waals surface area contributed by atoms with E-state index in [1.165, 1.54) is 64.2 Å². The highest BCUT2D eigenvalue weighted by atomic mass is 16.2. The number of rotatable bonds is 12. The van der Waals surface area contributed by atoms with Crippen molar-refractivity contribution in [1.29, 1.82) is 0 Å². The third-order valence-electron chi connectivity index (χ3n) is 5.52. The lowest BCUT2D eigenvalue weighted by atomic mass is 10.1. The molecular weight excluding hydrogens is 296 g/mol. The molecule has 0 radical (unpaired) electrons. The second-order valence-corrected chi connectivity index (χ2v) is 7.81. The van der Waals surface area contributed by atoms with Gasteiger partial charge in [0.1, 0.15) is 0 Å². The van der Waals surface area contributed by atoms with Crippen LogP contribution in [0.3, 0.4) is 0 Å². The lowest BCUT2D eigenvalue weighted by Crippen LogP contribution is -2.39. The van der Waals surface area contributed by atoms with Gasteiger partial charge in [0.05, 0.1) is 0 Å². The van der Waals surface area contributed by atoms with Crippen LogP contribution in [0.2, 0.25) is 0 Å². The quantitative estimate of drug-likeness (QED) is 0.454. The number of nitrogens with zero attached hydrogens (tertiary/aromatic N) is 2. The SMILES string of the molecule is CCCCCCCCCCCCCC(=O)N1CCCN(C)C(C)C1. The summed E-state index contributed by atoms with van der Waals surface area (Å²) in [5.74, 6) is 0.382. The zero-order valence-electron chi connectivity index (χ0n) is 16.7. The first-order chi connectivity index (χ1) is 11.6. The fraction of sp³-hybridized carbons (Fsp3) is 0.952. The molecule has 0 aromatic carbocycles. The lowest BCUT2D eigenvalue weighted by Gasteiger charge is -2.26. The number of likely N-dealkylation sites (N-methyl/N-ethyl adjacent to an activating group) is 1. The molecule has 142 valence electrons. The molecular formula is C21H42N2O. The molecule has 1 amide bonds. The molecule has 1 rings (SSSR count). The fourth-order valence-electron chi connectivity index (χ4n) is 3.61. The summed E-state index contributed by atoms with van der Waals surface area (Å²) in [6.45, 7) is 7.48. The Morgan fingerprint density at radius 1 is 0.875 bits per heavy atom. The smallest absolute Gasteiger partial charge is 0.222 e. The summed E-state index contributed by atoms with van der Waals surface area (Å²) in [5.41, 5.74) is 0. The second-order valence-electron chi connectivity index (χ2n) is 7.81. The third kappa shape index (κ3) is 9.66. The molecule has 1 heterocycles. The Kier molecular flexibility index (Phi) is 12.2. The van der Waals surface area contributed by atoms with E-state index in [0.29, 0.717) is 11.9 Å². The summed E-state index contributed by atoms with van der Waals surface area (Å²) < 4.78 is 0. The lowest BCUT2D eigenvalue weighted by molar-refractivity contribution is -0.131. The van der Waals surface area contributed by atoms with Crippen LogP contribution >= 0.6 is 0 Å². The normalized spacial score (nSPS) is 19.5. The van der Waals surface area contributed by atoms with Crippen molar-refractivity contribution in [3.05, 3.63) is 0 Å². The number of hydrogen-bond donors (Lipinski definition) is 0. The maximum absolute atomic E-state index is 12.4. The number of hydrogen-bond acceptors (Lipinski definition) is 2. The van der Waals surface area contributed by atoms with Crippen LogP contribution in [0.5, 0.6) is 0 Å². The number of carbonyl (C=O) groups excluding carboxylic acids is 1. The second kappa shape index (κ2) is 13.7. The van der Waals surface area contributed by atoms with Crippen LogP contribution in [0, 0.1) is 0 Å². The highest BCUT2D eigenvalue weighted by Crippen LogP contribution is 2.14. The van der Waals surface area contributed by atoms with Crippen LogP contribution in [-0.2, 0) is 4.79 Å². The summed E-state index contributed by atoms with van der Waals surface area (Å²) in [6, 6.07) is 0.494. The van der Waals surface area contributed by atoms with E-state index in [1.54, 1.807) is 0 Å². The molecule has 0 bridgehead atoms. The summed E-state index contributed by atoms with van der Waals surface area (Å²) in [4.78, 5) is 16.8. The first kappa shape index (κ1) is 21.5. The average Bonchev–Trinajstić information content (AvgIpc) is 2.74. The number of unbranched alkanes of at least 4 members (excludes halogenated alkanes) is 10. The highest BCUT2D eigenvalue weighted by molar-refractivity contribution is 5.76. The van der Waals surface area contributed by atoms with Gasteiger partial charge in [0.25, 0.3) is 0 Å². The monoisotopic (exact) mass is 338 g/mol. The van der Waals surface area contributed by atoms with Crippen LogP contribution in [-0.4, -0.2) is 48.4 Å². The van der Waals surface area contributed by atoms with Gasteiger partial charge in [-0.2, -0.15) is 0 Å². The minimum Gasteiger partial charge on any atom is -0.341 e. The van der Waals surface area contributed by atoms with Gasteiger partial charge in [-0.1, -0.05) is 71.1 Å². The van der Waals surface area contributed by atoms with Gasteiger partial charge in [0, 0.05) is 25.6 Å². The topological polar surface area (TPSA) is 23.6 Å². The highest BCUT2D eigenvalue weighted by Gasteiger charge is 2.21. The van der Waals surface area contributed by atoms with Crippen molar-refractivity contribution in [2.75, 3.05) is 26.7 Å². The molecule has 3 heteroatoms. The molecule has 0 aromatic heterocycles. The minimum atomic E-state index is 0.382. The molecule has 24 heavy (non-hydrogen) atoms. The predicted molar refractivity (Wildman–Crippen MR) is 104 cm³/mol. The molecule has 1 saturated heterocycles. The number of amides is 1. The van der Waals surface area contributed by atoms with Gasteiger partial charge >= 0.3 is 0 Å². The van der Waals surface area contributed by atoms with E-state index in [9.17, 15) is 4.79 Å². The van der Waals surface area contributed by atoms with E-state index >= 15 is 0 Å². The van der Waals surface area contributed by atoms with Crippen molar-refractivity contribution in [3.8, 4) is 0 Å². The van der Waals surface area contributed by atoms with Gasteiger partial charge in [-0.3, -0.25) is 4.79 Å². The van der Waals surface area contributed by atoms with Crippen LogP contribution in [0.25, 0.3) is 0 Å². The Bertz CT molecular complexity index is 319. The Labute approximate surface area is 151 Å². The summed E-state index contributed by atoms with van der Waals surface area (Å²) in [6.07, 6.45) is 16.6. The van der Waals surface area contributed by atoms with E-state index in [2.05, 4.69) is 30.7 Å². The predicted octanol–water partition coefficient (Wildman–Crippen LogP) is 5.24. The Hall–Kier alpha value is -0.570. The largest absolute Gasteiger partial charge is 0.341 e. The van der Waals surface area contributed by atoms with E-state index in [0.717, 1.165) is 38.9 Å². The molecule has 0 aliphatic carbocycles. The summed E-state index contributed by atoms with van der Waals surface area (Å²) >= 11 is 0. The molecule has 1 aliphatic heterocycles.